The van der Waals surface area contributed by atoms with E-state index in [0.717, 1.165) is 51.4 Å². The van der Waals surface area contributed by atoms with Gasteiger partial charge in [0.1, 0.15) is 0 Å². The van der Waals surface area contributed by atoms with Crippen molar-refractivity contribution in [1.29, 1.82) is 0 Å². The molecule has 1 aliphatic heterocycles. The molecule has 0 bridgehead atoms. The average Bonchev–Trinajstić information content (AvgIpc) is 3.64. The van der Waals surface area contributed by atoms with Gasteiger partial charge in [0, 0.05) is 26.1 Å². The van der Waals surface area contributed by atoms with Gasteiger partial charge >= 0.3 is 5.97 Å². The van der Waals surface area contributed by atoms with Crippen LogP contribution in [0.25, 0.3) is 5.57 Å². The molecule has 1 heterocycles. The Balaban J connectivity index is 1.13. The number of allylic oxidation sites excluding steroid dienone is 3. The van der Waals surface area contributed by atoms with Crippen molar-refractivity contribution in [3.05, 3.63) is 53.6 Å². The third kappa shape index (κ3) is 5.40. The van der Waals surface area contributed by atoms with Gasteiger partial charge in [-0.1, -0.05) is 71.9 Å². The summed E-state index contributed by atoms with van der Waals surface area (Å²) in [7, 11) is 0. The van der Waals surface area contributed by atoms with Gasteiger partial charge in [0.15, 0.2) is 0 Å². The Morgan fingerprint density at radius 2 is 1.72 bits per heavy atom. The summed E-state index contributed by atoms with van der Waals surface area (Å²) in [4.78, 5) is 25.9. The molecule has 1 amide bonds. The fourth-order valence-electron chi connectivity index (χ4n) is 14.4. The lowest BCUT2D eigenvalue weighted by atomic mass is 9.32. The number of aromatic carboxylic acids is 1. The first-order chi connectivity index (χ1) is 23.6. The molecule has 0 aromatic heterocycles. The van der Waals surface area contributed by atoms with E-state index in [1.54, 1.807) is 12.1 Å². The second-order valence-corrected chi connectivity index (χ2v) is 19.7. The molecule has 5 fully saturated rings. The van der Waals surface area contributed by atoms with Crippen LogP contribution in [0.15, 0.2) is 42.5 Å². The molecule has 50 heavy (non-hydrogen) atoms. The Labute approximate surface area is 303 Å². The minimum atomic E-state index is -0.860. The second kappa shape index (κ2) is 12.6. The number of nitrogens with zero attached hydrogens (tertiary/aromatic N) is 1. The maximum Gasteiger partial charge on any atom is 0.335 e. The number of hydrogen-bond acceptors (Lipinski definition) is 3. The molecule has 1 aromatic carbocycles. The molecule has 274 valence electrons. The number of rotatable bonds is 9. The SMILES string of the molecule is C=C(C)[C@@H]1CC[C@]2(CNCC(C)CN3CCCC3=O)CC[C@]3(C)[C@H](CC[C@@H]4[C@@]5(C)CC=C(c6ccc(C(=O)O)cc6)C(C)(C)[C@@H]5CC[C@]43C)[C@@H]12. The van der Waals surface area contributed by atoms with Gasteiger partial charge in [-0.3, -0.25) is 4.79 Å². The summed E-state index contributed by atoms with van der Waals surface area (Å²) in [5, 5.41) is 13.5. The third-order valence-corrected chi connectivity index (χ3v) is 16.9. The monoisotopic (exact) mass is 683 g/mol. The molecule has 7 rings (SSSR count). The smallest absolute Gasteiger partial charge is 0.335 e. The van der Waals surface area contributed by atoms with E-state index < -0.39 is 5.97 Å². The Kier molecular flexibility index (Phi) is 9.09. The van der Waals surface area contributed by atoms with Crippen LogP contribution in [0.1, 0.15) is 135 Å². The predicted molar refractivity (Wildman–Crippen MR) is 204 cm³/mol. The summed E-state index contributed by atoms with van der Waals surface area (Å²) in [6, 6.07) is 7.63. The summed E-state index contributed by atoms with van der Waals surface area (Å²) in [5.74, 6) is 3.32. The van der Waals surface area contributed by atoms with Crippen LogP contribution in [0.3, 0.4) is 0 Å². The minimum absolute atomic E-state index is 0.0277. The molecular weight excluding hydrogens is 617 g/mol. The van der Waals surface area contributed by atoms with Crippen LogP contribution < -0.4 is 5.32 Å². The second-order valence-electron chi connectivity index (χ2n) is 19.7. The molecule has 5 heteroatoms. The normalized spacial score (nSPS) is 41.0. The number of carbonyl (C=O) groups excluding carboxylic acids is 1. The van der Waals surface area contributed by atoms with Crippen LogP contribution in [0.5, 0.6) is 0 Å². The van der Waals surface area contributed by atoms with Crippen molar-refractivity contribution in [2.75, 3.05) is 26.2 Å². The molecule has 4 saturated carbocycles. The Bertz CT molecular complexity index is 1540. The van der Waals surface area contributed by atoms with E-state index >= 15 is 0 Å². The fourth-order valence-corrected chi connectivity index (χ4v) is 14.4. The summed E-state index contributed by atoms with van der Waals surface area (Å²) in [6.07, 6.45) is 15.9. The molecule has 1 unspecified atom stereocenters. The Hall–Kier alpha value is -2.40. The van der Waals surface area contributed by atoms with Crippen molar-refractivity contribution in [3.63, 3.8) is 0 Å². The lowest BCUT2D eigenvalue weighted by molar-refractivity contribution is -0.225. The van der Waals surface area contributed by atoms with Crippen molar-refractivity contribution < 1.29 is 14.7 Å². The van der Waals surface area contributed by atoms with Crippen molar-refractivity contribution in [2.24, 2.45) is 62.6 Å². The van der Waals surface area contributed by atoms with Crippen LogP contribution in [-0.4, -0.2) is 48.1 Å². The average molecular weight is 683 g/mol. The molecule has 5 aliphatic carbocycles. The standard InChI is InChI=1S/C45H66N2O3/c1-29(2)33-17-22-45(28-46-26-30(3)27-47-25-9-10-38(47)48)24-23-43(7)35(39(33)45)15-16-37-42(6)20-18-34(31-11-13-32(14-12-31)40(49)50)41(4,5)36(42)19-21-44(37,43)8/h11-14,18,30,33,35-37,39,46H,1,9-10,15-17,19-28H2,2-8H3,(H,49,50)/t30?,33-,35+,36-,37+,39+,42-,43+,44+,45+/m0/s1. The largest absolute Gasteiger partial charge is 0.478 e. The number of hydrogen-bond donors (Lipinski definition) is 2. The van der Waals surface area contributed by atoms with E-state index in [2.05, 4.69) is 71.3 Å². The molecule has 1 aromatic rings. The highest BCUT2D eigenvalue weighted by Crippen LogP contribution is 2.77. The zero-order valence-corrected chi connectivity index (χ0v) is 32.4. The van der Waals surface area contributed by atoms with Crippen LogP contribution in [0.2, 0.25) is 0 Å². The van der Waals surface area contributed by atoms with Crippen molar-refractivity contribution in [2.45, 2.75) is 119 Å². The zero-order valence-electron chi connectivity index (χ0n) is 32.4. The number of amides is 1. The highest BCUT2D eigenvalue weighted by atomic mass is 16.4. The number of fused-ring (bicyclic) bond motifs is 7. The number of benzene rings is 1. The highest BCUT2D eigenvalue weighted by Gasteiger charge is 2.70. The van der Waals surface area contributed by atoms with E-state index in [0.29, 0.717) is 57.3 Å². The van der Waals surface area contributed by atoms with Gasteiger partial charge in [0.05, 0.1) is 5.56 Å². The van der Waals surface area contributed by atoms with E-state index in [1.807, 2.05) is 12.1 Å². The molecule has 2 N–H and O–H groups in total. The summed E-state index contributed by atoms with van der Waals surface area (Å²) in [5.41, 5.74) is 5.63. The van der Waals surface area contributed by atoms with Gasteiger partial charge in [-0.2, -0.15) is 0 Å². The van der Waals surface area contributed by atoms with Gasteiger partial charge in [-0.25, -0.2) is 4.79 Å². The summed E-state index contributed by atoms with van der Waals surface area (Å²) >= 11 is 0. The summed E-state index contributed by atoms with van der Waals surface area (Å²) < 4.78 is 0. The van der Waals surface area contributed by atoms with Crippen LogP contribution in [-0.2, 0) is 4.79 Å². The molecule has 0 spiro atoms. The quantitative estimate of drug-likeness (QED) is 0.255. The lowest BCUT2D eigenvalue weighted by Gasteiger charge is -2.72. The van der Waals surface area contributed by atoms with Crippen LogP contribution >= 0.6 is 0 Å². The maximum absolute atomic E-state index is 12.3. The van der Waals surface area contributed by atoms with Crippen molar-refractivity contribution >= 4 is 17.4 Å². The first kappa shape index (κ1) is 36.0. The van der Waals surface area contributed by atoms with E-state index in [1.165, 1.54) is 68.1 Å². The number of carboxylic acid groups (broad SMARTS) is 1. The van der Waals surface area contributed by atoms with E-state index in [-0.39, 0.29) is 10.8 Å². The van der Waals surface area contributed by atoms with Gasteiger partial charge in [0.2, 0.25) is 5.91 Å². The van der Waals surface area contributed by atoms with Gasteiger partial charge in [0.25, 0.3) is 0 Å². The van der Waals surface area contributed by atoms with Crippen LogP contribution in [0.4, 0.5) is 0 Å². The van der Waals surface area contributed by atoms with E-state index in [4.69, 9.17) is 0 Å². The van der Waals surface area contributed by atoms with Gasteiger partial charge in [-0.05, 0) is 164 Å². The Morgan fingerprint density at radius 1 is 0.980 bits per heavy atom. The number of carboxylic acids is 1. The molecule has 6 aliphatic rings. The maximum atomic E-state index is 12.3. The number of carbonyl (C=O) groups is 2. The molecule has 0 radical (unpaired) electrons. The lowest BCUT2D eigenvalue weighted by Crippen LogP contribution is -2.65. The molecule has 1 saturated heterocycles. The van der Waals surface area contributed by atoms with Crippen molar-refractivity contribution in [3.8, 4) is 0 Å². The summed E-state index contributed by atoms with van der Waals surface area (Å²) in [6.45, 7) is 26.3. The zero-order chi connectivity index (χ0) is 35.9. The fraction of sp³-hybridized carbons (Fsp3) is 0.733. The number of likely N-dealkylation sites (tertiary alicyclic amines) is 1. The third-order valence-electron chi connectivity index (χ3n) is 16.9. The minimum Gasteiger partial charge on any atom is -0.478 e. The molecule has 5 nitrogen and oxygen atoms in total. The first-order valence-corrected chi connectivity index (χ1v) is 20.3. The number of nitrogens with one attached hydrogen (secondary N) is 1. The molecular formula is C45H66N2O3. The van der Waals surface area contributed by atoms with Crippen LogP contribution in [0, 0.1) is 62.6 Å². The van der Waals surface area contributed by atoms with Gasteiger partial charge < -0.3 is 15.3 Å². The Morgan fingerprint density at radius 3 is 2.38 bits per heavy atom. The first-order valence-electron chi connectivity index (χ1n) is 20.3. The van der Waals surface area contributed by atoms with Crippen molar-refractivity contribution in [1.82, 2.24) is 10.2 Å². The molecule has 10 atom stereocenters. The highest BCUT2D eigenvalue weighted by molar-refractivity contribution is 5.88. The van der Waals surface area contributed by atoms with Gasteiger partial charge in [-0.15, -0.1) is 0 Å². The topological polar surface area (TPSA) is 69.6 Å². The predicted octanol–water partition coefficient (Wildman–Crippen LogP) is 9.88. The van der Waals surface area contributed by atoms with E-state index in [9.17, 15) is 14.7 Å².